The van der Waals surface area contributed by atoms with Crippen LogP contribution in [-0.4, -0.2) is 28.8 Å². The highest BCUT2D eigenvalue weighted by molar-refractivity contribution is 7.45. The van der Waals surface area contributed by atoms with Crippen LogP contribution in [0.1, 0.15) is 105 Å². The molecule has 196 valence electrons. The molecule has 0 amide bonds. The average Bonchev–Trinajstić information content (AvgIpc) is 2.62. The molecule has 0 bridgehead atoms. The zero-order chi connectivity index (χ0) is 27.8. The molecule has 0 aliphatic heterocycles. The van der Waals surface area contributed by atoms with E-state index < -0.39 is 22.0 Å². The van der Waals surface area contributed by atoms with Gasteiger partial charge in [-0.05, 0) is 32.8 Å². The molecule has 35 heavy (non-hydrogen) atoms. The van der Waals surface area contributed by atoms with Crippen LogP contribution in [0.5, 0.6) is 0 Å². The summed E-state index contributed by atoms with van der Waals surface area (Å²) in [6.45, 7) is 28.1. The molecule has 2 rings (SSSR count). The van der Waals surface area contributed by atoms with Gasteiger partial charge < -0.3 is 14.7 Å². The van der Waals surface area contributed by atoms with Gasteiger partial charge in [-0.2, -0.15) is 0 Å². The fourth-order valence-electron chi connectivity index (χ4n) is 4.27. The van der Waals surface area contributed by atoms with Crippen LogP contribution in [0.2, 0.25) is 5.79 Å². The van der Waals surface area contributed by atoms with Gasteiger partial charge >= 0.3 is 22.0 Å². The zero-order valence-corrected chi connectivity index (χ0v) is 26.3. The van der Waals surface area contributed by atoms with Gasteiger partial charge in [-0.3, -0.25) is 0 Å². The van der Waals surface area contributed by atoms with Crippen molar-refractivity contribution in [1.82, 2.24) is 0 Å². The largest absolute Gasteiger partial charge is 0.466 e. The fraction of sp³-hybridized carbons (Fsp3) is 0.586. The minimum atomic E-state index is -4.64. The minimum absolute atomic E-state index is 0.144. The Morgan fingerprint density at radius 1 is 0.571 bits per heavy atom. The van der Waals surface area contributed by atoms with E-state index >= 15 is 0 Å². The number of hydrogen-bond donors (Lipinski definition) is 3. The molecule has 0 aliphatic carbocycles. The zero-order valence-electron chi connectivity index (χ0n) is 24.2. The monoisotopic (exact) mass is 518 g/mol. The van der Waals surface area contributed by atoms with E-state index in [-0.39, 0.29) is 21.7 Å². The van der Waals surface area contributed by atoms with Crippen LogP contribution in [0.4, 0.5) is 0 Å². The van der Waals surface area contributed by atoms with E-state index in [0.717, 1.165) is 0 Å². The van der Waals surface area contributed by atoms with E-state index in [2.05, 4.69) is 125 Å². The van der Waals surface area contributed by atoms with Crippen LogP contribution in [0.25, 0.3) is 0 Å². The Labute approximate surface area is 218 Å². The standard InChI is InChI=1S/2C14H21.CH3.Al.H3O4P/c2*1-13(2,3)11-8-7-9-12(10-11)14(4,5)6;;;1-5(2,3)4/h2*7-8,10H,1-6H3;1H3;;(H3,1,2,3,4). The van der Waals surface area contributed by atoms with Gasteiger partial charge in [0, 0.05) is 0 Å². The first kappa shape index (κ1) is 32.1. The quantitative estimate of drug-likeness (QED) is 0.327. The summed E-state index contributed by atoms with van der Waals surface area (Å²) < 4.78 is 12.1. The maximum absolute atomic E-state index is 8.88. The van der Waals surface area contributed by atoms with E-state index in [1.165, 1.54) is 22.3 Å². The summed E-state index contributed by atoms with van der Waals surface area (Å²) in [5, 5.41) is 0. The lowest BCUT2D eigenvalue weighted by atomic mass is 9.80. The van der Waals surface area contributed by atoms with Gasteiger partial charge in [-0.25, -0.2) is 4.57 Å². The molecule has 2 aromatic rings. The molecule has 0 aliphatic rings. The SMILES string of the molecule is O=P(O)(O)O.[CH3][Al]([c]1ccc(C(C)(C)C)cc1C(C)(C)C)[c]1ccc(C(C)(C)C)cc1C(C)(C)C. The molecule has 6 heteroatoms. The van der Waals surface area contributed by atoms with Crippen molar-refractivity contribution in [3.63, 3.8) is 0 Å². The topological polar surface area (TPSA) is 77.8 Å². The van der Waals surface area contributed by atoms with Crippen molar-refractivity contribution in [2.45, 2.75) is 111 Å². The van der Waals surface area contributed by atoms with Crippen molar-refractivity contribution in [3.8, 4) is 0 Å². The molecule has 0 saturated heterocycles. The highest BCUT2D eigenvalue weighted by atomic mass is 31.2. The normalized spacial score (nSPS) is 13.3. The van der Waals surface area contributed by atoms with Gasteiger partial charge in [0.15, 0.2) is 0 Å². The summed E-state index contributed by atoms with van der Waals surface area (Å²) in [5.74, 6) is 2.53. The predicted octanol–water partition coefficient (Wildman–Crippen LogP) is 6.19. The average molecular weight is 519 g/mol. The van der Waals surface area contributed by atoms with Gasteiger partial charge in [0.1, 0.15) is 0 Å². The van der Waals surface area contributed by atoms with E-state index in [1.54, 1.807) is 8.85 Å². The maximum atomic E-state index is 8.88. The molecule has 0 fully saturated rings. The number of benzene rings is 2. The summed E-state index contributed by atoms with van der Waals surface area (Å²) in [5.41, 5.74) is 6.59. The second kappa shape index (κ2) is 10.8. The molecule has 0 saturated carbocycles. The minimum Gasteiger partial charge on any atom is -0.303 e. The third-order valence-corrected chi connectivity index (χ3v) is 9.26. The lowest BCUT2D eigenvalue weighted by Crippen LogP contribution is -2.47. The second-order valence-electron chi connectivity index (χ2n) is 13.8. The molecular formula is C29H48AlO4P. The first-order chi connectivity index (χ1) is 15.3. The summed E-state index contributed by atoms with van der Waals surface area (Å²) in [6.07, 6.45) is 0. The molecule has 0 spiro atoms. The van der Waals surface area contributed by atoms with Crippen LogP contribution >= 0.6 is 7.82 Å². The third kappa shape index (κ3) is 9.81. The first-order valence-electron chi connectivity index (χ1n) is 12.4. The molecule has 2 aromatic carbocycles. The molecule has 0 unspecified atom stereocenters. The van der Waals surface area contributed by atoms with Crippen molar-refractivity contribution >= 4 is 30.8 Å². The van der Waals surface area contributed by atoms with Crippen LogP contribution < -0.4 is 8.85 Å². The molecule has 4 nitrogen and oxygen atoms in total. The molecule has 0 atom stereocenters. The summed E-state index contributed by atoms with van der Waals surface area (Å²) in [7, 11) is -4.64. The third-order valence-electron chi connectivity index (χ3n) is 6.39. The number of rotatable bonds is 2. The Kier molecular flexibility index (Phi) is 9.93. The van der Waals surface area contributed by atoms with Gasteiger partial charge in [-0.1, -0.05) is 136 Å². The Hall–Kier alpha value is -0.918. The number of hydrogen-bond acceptors (Lipinski definition) is 1. The van der Waals surface area contributed by atoms with Crippen LogP contribution in [-0.2, 0) is 26.2 Å². The van der Waals surface area contributed by atoms with Crippen molar-refractivity contribution < 1.29 is 19.2 Å². The van der Waals surface area contributed by atoms with Crippen LogP contribution in [0.3, 0.4) is 0 Å². The van der Waals surface area contributed by atoms with Crippen LogP contribution in [0.15, 0.2) is 36.4 Å². The Morgan fingerprint density at radius 3 is 1.03 bits per heavy atom. The second-order valence-corrected chi connectivity index (χ2v) is 17.6. The first-order valence-corrected chi connectivity index (χ1v) is 16.3. The van der Waals surface area contributed by atoms with E-state index in [9.17, 15) is 0 Å². The highest BCUT2D eigenvalue weighted by Crippen LogP contribution is 2.30. The van der Waals surface area contributed by atoms with E-state index in [4.69, 9.17) is 19.2 Å². The van der Waals surface area contributed by atoms with Crippen molar-refractivity contribution in [2.75, 3.05) is 0 Å². The summed E-state index contributed by atoms with van der Waals surface area (Å²) in [6, 6.07) is 14.7. The van der Waals surface area contributed by atoms with Gasteiger partial charge in [0.05, 0.1) is 0 Å². The lowest BCUT2D eigenvalue weighted by molar-refractivity contribution is 0.275. The smallest absolute Gasteiger partial charge is 0.303 e. The summed E-state index contributed by atoms with van der Waals surface area (Å²) >= 11 is -1.35. The van der Waals surface area contributed by atoms with E-state index in [0.29, 0.717) is 0 Å². The van der Waals surface area contributed by atoms with Gasteiger partial charge in [0.25, 0.3) is 0 Å². The van der Waals surface area contributed by atoms with Crippen LogP contribution in [0, 0.1) is 0 Å². The van der Waals surface area contributed by atoms with Gasteiger partial charge in [-0.15, -0.1) is 8.85 Å². The van der Waals surface area contributed by atoms with Gasteiger partial charge in [0.2, 0.25) is 0 Å². The lowest BCUT2D eigenvalue weighted by Gasteiger charge is -2.32. The Morgan fingerprint density at radius 2 is 0.829 bits per heavy atom. The molecule has 3 N–H and O–H groups in total. The number of phosphoric acid groups is 1. The summed E-state index contributed by atoms with van der Waals surface area (Å²) in [4.78, 5) is 21.6. The molecule has 0 aromatic heterocycles. The Balaban J connectivity index is 0.00000111. The molecule has 0 radical (unpaired) electrons. The van der Waals surface area contributed by atoms with E-state index in [1.807, 2.05) is 0 Å². The molecular weight excluding hydrogens is 470 g/mol. The van der Waals surface area contributed by atoms with Crippen molar-refractivity contribution in [2.24, 2.45) is 0 Å². The van der Waals surface area contributed by atoms with Crippen molar-refractivity contribution in [1.29, 1.82) is 0 Å². The molecule has 0 heterocycles. The Bertz CT molecular complexity index is 974. The predicted molar refractivity (Wildman–Crippen MR) is 153 cm³/mol. The highest BCUT2D eigenvalue weighted by Gasteiger charge is 2.31. The van der Waals surface area contributed by atoms with Crippen molar-refractivity contribution in [3.05, 3.63) is 58.7 Å². The fourth-order valence-corrected chi connectivity index (χ4v) is 7.34. The maximum Gasteiger partial charge on any atom is 0.466 e.